The molecule has 1 heteroatoms. The monoisotopic (exact) mass is 270 g/mol. The molecule has 0 spiro atoms. The first-order valence-electron chi connectivity index (χ1n) is 8.96. The van der Waals surface area contributed by atoms with Crippen molar-refractivity contribution < 1.29 is 5.11 Å². The van der Waals surface area contributed by atoms with Crippen LogP contribution in [0.4, 0.5) is 0 Å². The Hall–Kier alpha value is -0.0400. The fraction of sp³-hybridized carbons (Fsp3) is 1.00. The molecule has 0 aliphatic carbocycles. The number of aliphatic hydroxyl groups is 1. The molecular formula is C18H38O. The van der Waals surface area contributed by atoms with E-state index >= 15 is 0 Å². The summed E-state index contributed by atoms with van der Waals surface area (Å²) in [4.78, 5) is 0. The van der Waals surface area contributed by atoms with Crippen LogP contribution in [0.2, 0.25) is 0 Å². The van der Waals surface area contributed by atoms with E-state index in [1.807, 2.05) is 0 Å². The fourth-order valence-electron chi connectivity index (χ4n) is 2.87. The number of hydrogen-bond acceptors (Lipinski definition) is 1. The Labute approximate surface area is 122 Å². The van der Waals surface area contributed by atoms with E-state index in [0.29, 0.717) is 6.61 Å². The average Bonchev–Trinajstić information content (AvgIpc) is 2.42. The van der Waals surface area contributed by atoms with Crippen LogP contribution in [0.25, 0.3) is 0 Å². The van der Waals surface area contributed by atoms with Crippen LogP contribution in [0.1, 0.15) is 104 Å². The Morgan fingerprint density at radius 3 is 1.47 bits per heavy atom. The summed E-state index contributed by atoms with van der Waals surface area (Å²) in [5.41, 5.74) is 0. The molecule has 1 atom stereocenters. The third-order valence-corrected chi connectivity index (χ3v) is 4.22. The topological polar surface area (TPSA) is 20.2 Å². The molecule has 0 aromatic heterocycles. The molecule has 0 radical (unpaired) electrons. The van der Waals surface area contributed by atoms with Gasteiger partial charge < -0.3 is 5.11 Å². The minimum atomic E-state index is 0.384. The van der Waals surface area contributed by atoms with Gasteiger partial charge in [0.1, 0.15) is 0 Å². The molecule has 1 unspecified atom stereocenters. The average molecular weight is 271 g/mol. The van der Waals surface area contributed by atoms with Crippen molar-refractivity contribution >= 4 is 0 Å². The maximum Gasteiger partial charge on any atom is 0.0433 e. The van der Waals surface area contributed by atoms with Crippen molar-refractivity contribution in [3.05, 3.63) is 0 Å². The Kier molecular flexibility index (Phi) is 16.0. The molecule has 0 amide bonds. The van der Waals surface area contributed by atoms with Crippen molar-refractivity contribution in [1.29, 1.82) is 0 Å². The van der Waals surface area contributed by atoms with E-state index in [9.17, 15) is 0 Å². The molecule has 0 bridgehead atoms. The highest BCUT2D eigenvalue weighted by molar-refractivity contribution is 4.60. The predicted molar refractivity (Wildman–Crippen MR) is 86.6 cm³/mol. The molecule has 0 aromatic rings. The molecule has 0 saturated carbocycles. The van der Waals surface area contributed by atoms with E-state index < -0.39 is 0 Å². The largest absolute Gasteiger partial charge is 0.396 e. The van der Waals surface area contributed by atoms with Crippen LogP contribution in [-0.4, -0.2) is 11.7 Å². The van der Waals surface area contributed by atoms with Crippen LogP contribution in [0.5, 0.6) is 0 Å². The first-order valence-corrected chi connectivity index (χ1v) is 8.96. The number of hydrogen-bond donors (Lipinski definition) is 1. The van der Waals surface area contributed by atoms with Gasteiger partial charge in [0.25, 0.3) is 0 Å². The molecule has 0 saturated heterocycles. The highest BCUT2D eigenvalue weighted by Crippen LogP contribution is 2.21. The van der Waals surface area contributed by atoms with Gasteiger partial charge in [0, 0.05) is 6.61 Å². The van der Waals surface area contributed by atoms with Crippen molar-refractivity contribution in [3.63, 3.8) is 0 Å². The van der Waals surface area contributed by atoms with Crippen LogP contribution >= 0.6 is 0 Å². The van der Waals surface area contributed by atoms with Crippen LogP contribution in [0.15, 0.2) is 0 Å². The van der Waals surface area contributed by atoms with Gasteiger partial charge in [-0.25, -0.2) is 0 Å². The molecule has 116 valence electrons. The molecular weight excluding hydrogens is 232 g/mol. The highest BCUT2D eigenvalue weighted by atomic mass is 16.3. The Morgan fingerprint density at radius 2 is 1.00 bits per heavy atom. The van der Waals surface area contributed by atoms with E-state index in [-0.39, 0.29) is 0 Å². The molecule has 19 heavy (non-hydrogen) atoms. The maximum atomic E-state index is 9.14. The first-order chi connectivity index (χ1) is 9.35. The standard InChI is InChI=1S/C18H38O/c1-3-5-7-9-10-11-13-15-18(16-17-19)14-12-8-6-4-2/h18-19H,3-17H2,1-2H3. The van der Waals surface area contributed by atoms with Gasteiger partial charge in [-0.2, -0.15) is 0 Å². The molecule has 0 rings (SSSR count). The maximum absolute atomic E-state index is 9.14. The van der Waals surface area contributed by atoms with Gasteiger partial charge in [-0.3, -0.25) is 0 Å². The number of unbranched alkanes of at least 4 members (excludes halogenated alkanes) is 9. The first kappa shape index (κ1) is 19.0. The predicted octanol–water partition coefficient (Wildman–Crippen LogP) is 6.10. The molecule has 1 N–H and O–H groups in total. The minimum Gasteiger partial charge on any atom is -0.396 e. The fourth-order valence-corrected chi connectivity index (χ4v) is 2.87. The second kappa shape index (κ2) is 16.0. The summed E-state index contributed by atoms with van der Waals surface area (Å²) in [5.74, 6) is 0.789. The normalized spacial score (nSPS) is 12.8. The summed E-state index contributed by atoms with van der Waals surface area (Å²) >= 11 is 0. The van der Waals surface area contributed by atoms with Crippen LogP contribution in [0, 0.1) is 5.92 Å². The van der Waals surface area contributed by atoms with E-state index in [1.54, 1.807) is 0 Å². The summed E-state index contributed by atoms with van der Waals surface area (Å²) in [6.45, 7) is 4.93. The zero-order chi connectivity index (χ0) is 14.2. The highest BCUT2D eigenvalue weighted by Gasteiger charge is 2.07. The summed E-state index contributed by atoms with van der Waals surface area (Å²) in [6.07, 6.45) is 19.0. The quantitative estimate of drug-likeness (QED) is 0.357. The Bertz CT molecular complexity index is 156. The summed E-state index contributed by atoms with van der Waals surface area (Å²) in [5, 5.41) is 9.14. The van der Waals surface area contributed by atoms with Gasteiger partial charge in [0.15, 0.2) is 0 Å². The second-order valence-corrected chi connectivity index (χ2v) is 6.14. The third kappa shape index (κ3) is 14.2. The number of aliphatic hydroxyl groups excluding tert-OH is 1. The van der Waals surface area contributed by atoms with Crippen LogP contribution in [-0.2, 0) is 0 Å². The van der Waals surface area contributed by atoms with Crippen molar-refractivity contribution in [2.45, 2.75) is 104 Å². The lowest BCUT2D eigenvalue weighted by Gasteiger charge is -2.15. The SMILES string of the molecule is CCCCCCCCCC(CCO)CCCCCC. The lowest BCUT2D eigenvalue weighted by Crippen LogP contribution is -2.03. The van der Waals surface area contributed by atoms with Crippen molar-refractivity contribution in [3.8, 4) is 0 Å². The van der Waals surface area contributed by atoms with E-state index in [4.69, 9.17) is 5.11 Å². The molecule has 0 fully saturated rings. The summed E-state index contributed by atoms with van der Waals surface area (Å²) in [7, 11) is 0. The lowest BCUT2D eigenvalue weighted by molar-refractivity contribution is 0.241. The van der Waals surface area contributed by atoms with Crippen molar-refractivity contribution in [1.82, 2.24) is 0 Å². The van der Waals surface area contributed by atoms with E-state index in [1.165, 1.54) is 83.5 Å². The van der Waals surface area contributed by atoms with Crippen molar-refractivity contribution in [2.24, 2.45) is 5.92 Å². The van der Waals surface area contributed by atoms with Gasteiger partial charge in [-0.05, 0) is 12.3 Å². The zero-order valence-corrected chi connectivity index (χ0v) is 13.6. The van der Waals surface area contributed by atoms with Gasteiger partial charge in [0.05, 0.1) is 0 Å². The summed E-state index contributed by atoms with van der Waals surface area (Å²) < 4.78 is 0. The smallest absolute Gasteiger partial charge is 0.0433 e. The van der Waals surface area contributed by atoms with Gasteiger partial charge in [0.2, 0.25) is 0 Å². The zero-order valence-electron chi connectivity index (χ0n) is 13.6. The molecule has 0 heterocycles. The Balaban J connectivity index is 3.42. The molecule has 0 aromatic carbocycles. The van der Waals surface area contributed by atoms with E-state index in [0.717, 1.165) is 12.3 Å². The van der Waals surface area contributed by atoms with Gasteiger partial charge in [-0.1, -0.05) is 97.3 Å². The second-order valence-electron chi connectivity index (χ2n) is 6.14. The molecule has 1 nitrogen and oxygen atoms in total. The minimum absolute atomic E-state index is 0.384. The van der Waals surface area contributed by atoms with Crippen LogP contribution < -0.4 is 0 Å². The Morgan fingerprint density at radius 1 is 0.579 bits per heavy atom. The van der Waals surface area contributed by atoms with Gasteiger partial charge in [-0.15, -0.1) is 0 Å². The number of rotatable bonds is 15. The van der Waals surface area contributed by atoms with Crippen LogP contribution in [0.3, 0.4) is 0 Å². The lowest BCUT2D eigenvalue weighted by atomic mass is 9.92. The van der Waals surface area contributed by atoms with Crippen molar-refractivity contribution in [2.75, 3.05) is 6.61 Å². The molecule has 0 aliphatic rings. The van der Waals surface area contributed by atoms with Gasteiger partial charge >= 0.3 is 0 Å². The molecule has 0 aliphatic heterocycles. The van der Waals surface area contributed by atoms with E-state index in [2.05, 4.69) is 13.8 Å². The third-order valence-electron chi connectivity index (χ3n) is 4.22. The summed E-state index contributed by atoms with van der Waals surface area (Å²) in [6, 6.07) is 0.